The SMILES string of the molecule is O=C1C=CC2C(c3ccccc3)CC1N2Cc1ccccc1.O=[N+]([O-])c1cc([N+](=O)[O-])c(O)c([N+](=O)[O-])c1. The molecular formula is C26H22N4O8. The second-order valence-electron chi connectivity index (χ2n) is 8.78. The maximum absolute atomic E-state index is 12.3. The molecule has 194 valence electrons. The molecule has 5 rings (SSSR count). The molecule has 12 heteroatoms. The standard InChI is InChI=1S/C20H19NO.C6H3N3O7/c22-20-12-11-18-17(16-9-5-2-6-10-16)13-19(20)21(18)14-15-7-3-1-4-8-15;10-6-4(8(13)14)1-3(7(11)12)2-5(6)9(15)16/h1-12,17-19H,13-14H2;1-2,10H. The summed E-state index contributed by atoms with van der Waals surface area (Å²) in [5.41, 5.74) is -0.389. The van der Waals surface area contributed by atoms with Crippen molar-refractivity contribution in [2.75, 3.05) is 0 Å². The summed E-state index contributed by atoms with van der Waals surface area (Å²) in [7, 11) is 0. The van der Waals surface area contributed by atoms with Crippen LogP contribution in [0.15, 0.2) is 84.9 Å². The molecule has 1 fully saturated rings. The first-order valence-electron chi connectivity index (χ1n) is 11.5. The van der Waals surface area contributed by atoms with Gasteiger partial charge in [0.25, 0.3) is 11.4 Å². The van der Waals surface area contributed by atoms with E-state index in [4.69, 9.17) is 5.11 Å². The minimum Gasteiger partial charge on any atom is -0.497 e. The highest BCUT2D eigenvalue weighted by atomic mass is 16.6. The number of rotatable bonds is 6. The Bertz CT molecular complexity index is 1380. The number of nitrogens with zero attached hydrogens (tertiary/aromatic N) is 4. The third-order valence-corrected chi connectivity index (χ3v) is 6.55. The molecule has 0 aliphatic carbocycles. The first kappa shape index (κ1) is 26.1. The molecule has 2 bridgehead atoms. The second-order valence-corrected chi connectivity index (χ2v) is 8.78. The Balaban J connectivity index is 0.000000188. The van der Waals surface area contributed by atoms with Gasteiger partial charge in [-0.3, -0.25) is 40.0 Å². The lowest BCUT2D eigenvalue weighted by molar-refractivity contribution is -0.404. The molecule has 3 atom stereocenters. The summed E-state index contributed by atoms with van der Waals surface area (Å²) < 4.78 is 0. The lowest BCUT2D eigenvalue weighted by atomic mass is 9.91. The summed E-state index contributed by atoms with van der Waals surface area (Å²) in [4.78, 5) is 42.4. The Hall–Kier alpha value is -4.97. The van der Waals surface area contributed by atoms with Gasteiger partial charge in [0, 0.05) is 18.5 Å². The van der Waals surface area contributed by atoms with Crippen LogP contribution in [0.2, 0.25) is 0 Å². The molecule has 1 N–H and O–H groups in total. The number of fused-ring (bicyclic) bond motifs is 2. The Morgan fingerprint density at radius 1 is 0.842 bits per heavy atom. The summed E-state index contributed by atoms with van der Waals surface area (Å²) in [6.45, 7) is 0.843. The van der Waals surface area contributed by atoms with Gasteiger partial charge in [-0.15, -0.1) is 0 Å². The van der Waals surface area contributed by atoms with Crippen LogP contribution in [0.4, 0.5) is 17.1 Å². The van der Waals surface area contributed by atoms with Gasteiger partial charge in [0.1, 0.15) is 0 Å². The zero-order valence-corrected chi connectivity index (χ0v) is 19.8. The molecule has 3 aromatic rings. The van der Waals surface area contributed by atoms with E-state index in [-0.39, 0.29) is 11.8 Å². The number of benzene rings is 3. The van der Waals surface area contributed by atoms with Crippen molar-refractivity contribution in [2.24, 2.45) is 0 Å². The first-order chi connectivity index (χ1) is 18.2. The normalized spacial score (nSPS) is 19.9. The molecule has 0 saturated carbocycles. The van der Waals surface area contributed by atoms with E-state index in [2.05, 4.69) is 59.5 Å². The molecule has 2 heterocycles. The van der Waals surface area contributed by atoms with Crippen LogP contribution >= 0.6 is 0 Å². The fourth-order valence-corrected chi connectivity index (χ4v) is 4.80. The molecule has 0 radical (unpaired) electrons. The van der Waals surface area contributed by atoms with E-state index in [1.165, 1.54) is 11.1 Å². The smallest absolute Gasteiger partial charge is 0.324 e. The van der Waals surface area contributed by atoms with Crippen LogP contribution in [0.1, 0.15) is 23.5 Å². The van der Waals surface area contributed by atoms with Gasteiger partial charge in [0.05, 0.1) is 32.9 Å². The Labute approximate surface area is 215 Å². The highest BCUT2D eigenvalue weighted by molar-refractivity contribution is 5.96. The summed E-state index contributed by atoms with van der Waals surface area (Å²) in [5, 5.41) is 40.2. The molecule has 1 saturated heterocycles. The molecule has 2 aliphatic rings. The second kappa shape index (κ2) is 11.0. The summed E-state index contributed by atoms with van der Waals surface area (Å²) in [5.74, 6) is -0.538. The van der Waals surface area contributed by atoms with Gasteiger partial charge in [-0.25, -0.2) is 0 Å². The topological polar surface area (TPSA) is 170 Å². The van der Waals surface area contributed by atoms with Crippen LogP contribution in [0.25, 0.3) is 0 Å². The van der Waals surface area contributed by atoms with Crippen molar-refractivity contribution < 1.29 is 24.7 Å². The minimum absolute atomic E-state index is 0.0282. The Morgan fingerprint density at radius 2 is 1.39 bits per heavy atom. The number of phenols is 1. The zero-order valence-electron chi connectivity index (χ0n) is 19.8. The van der Waals surface area contributed by atoms with Gasteiger partial charge in [-0.05, 0) is 23.6 Å². The number of phenolic OH excluding ortho intramolecular Hbond substituents is 1. The van der Waals surface area contributed by atoms with E-state index in [9.17, 15) is 35.1 Å². The van der Waals surface area contributed by atoms with Crippen LogP contribution in [-0.2, 0) is 11.3 Å². The molecule has 3 aromatic carbocycles. The minimum atomic E-state index is -1.21. The fraction of sp³-hybridized carbons (Fsp3) is 0.192. The number of nitro benzene ring substituents is 3. The van der Waals surface area contributed by atoms with Gasteiger partial charge in [-0.1, -0.05) is 66.7 Å². The third-order valence-electron chi connectivity index (χ3n) is 6.55. The van der Waals surface area contributed by atoms with Gasteiger partial charge >= 0.3 is 11.4 Å². The van der Waals surface area contributed by atoms with Gasteiger partial charge in [0.15, 0.2) is 5.78 Å². The van der Waals surface area contributed by atoms with Gasteiger partial charge < -0.3 is 5.11 Å². The van der Waals surface area contributed by atoms with Crippen molar-refractivity contribution in [3.63, 3.8) is 0 Å². The highest BCUT2D eigenvalue weighted by Gasteiger charge is 2.45. The van der Waals surface area contributed by atoms with Gasteiger partial charge in [0.2, 0.25) is 0 Å². The molecule has 0 aromatic heterocycles. The number of ketones is 1. The van der Waals surface area contributed by atoms with Crippen molar-refractivity contribution in [1.82, 2.24) is 4.90 Å². The van der Waals surface area contributed by atoms with Crippen molar-refractivity contribution in [2.45, 2.75) is 31.0 Å². The van der Waals surface area contributed by atoms with E-state index in [0.29, 0.717) is 24.1 Å². The summed E-state index contributed by atoms with van der Waals surface area (Å²) >= 11 is 0. The van der Waals surface area contributed by atoms with Crippen LogP contribution in [0, 0.1) is 30.3 Å². The highest BCUT2D eigenvalue weighted by Crippen LogP contribution is 2.42. The number of aromatic hydroxyl groups is 1. The van der Waals surface area contributed by atoms with E-state index < -0.39 is 37.6 Å². The number of nitro groups is 3. The van der Waals surface area contributed by atoms with Crippen LogP contribution in [-0.4, -0.2) is 42.6 Å². The number of carbonyl (C=O) groups excluding carboxylic acids is 1. The maximum atomic E-state index is 12.3. The molecule has 3 unspecified atom stereocenters. The van der Waals surface area contributed by atoms with Crippen LogP contribution in [0.5, 0.6) is 5.75 Å². The van der Waals surface area contributed by atoms with Crippen molar-refractivity contribution in [1.29, 1.82) is 0 Å². The Kier molecular flexibility index (Phi) is 7.53. The predicted molar refractivity (Wildman–Crippen MR) is 136 cm³/mol. The molecule has 0 spiro atoms. The molecule has 38 heavy (non-hydrogen) atoms. The largest absolute Gasteiger partial charge is 0.497 e. The molecule has 2 aliphatic heterocycles. The average Bonchev–Trinajstić information content (AvgIpc) is 3.16. The number of carbonyl (C=O) groups is 1. The fourth-order valence-electron chi connectivity index (χ4n) is 4.80. The van der Waals surface area contributed by atoms with E-state index in [1.54, 1.807) is 6.08 Å². The molecular weight excluding hydrogens is 496 g/mol. The number of hydrogen-bond donors (Lipinski definition) is 1. The summed E-state index contributed by atoms with van der Waals surface area (Å²) in [6, 6.07) is 22.3. The van der Waals surface area contributed by atoms with Crippen molar-refractivity contribution >= 4 is 22.8 Å². The average molecular weight is 518 g/mol. The first-order valence-corrected chi connectivity index (χ1v) is 11.5. The van der Waals surface area contributed by atoms with Gasteiger partial charge in [-0.2, -0.15) is 0 Å². The predicted octanol–water partition coefficient (Wildman–Crippen LogP) is 4.67. The van der Waals surface area contributed by atoms with E-state index >= 15 is 0 Å². The van der Waals surface area contributed by atoms with E-state index in [1.807, 2.05) is 12.1 Å². The lowest BCUT2D eigenvalue weighted by Gasteiger charge is -2.31. The van der Waals surface area contributed by atoms with Crippen LogP contribution < -0.4 is 0 Å². The van der Waals surface area contributed by atoms with E-state index in [0.717, 1.165) is 13.0 Å². The zero-order chi connectivity index (χ0) is 27.4. The quantitative estimate of drug-likeness (QED) is 0.360. The Morgan fingerprint density at radius 3 is 1.92 bits per heavy atom. The number of non-ortho nitro benzene ring substituents is 1. The van der Waals surface area contributed by atoms with Crippen LogP contribution in [0.3, 0.4) is 0 Å². The van der Waals surface area contributed by atoms with Crippen molar-refractivity contribution in [3.05, 3.63) is 126 Å². The maximum Gasteiger partial charge on any atom is 0.324 e. The summed E-state index contributed by atoms with van der Waals surface area (Å²) in [6.07, 6.45) is 4.82. The monoisotopic (exact) mass is 518 g/mol. The molecule has 0 amide bonds. The number of hydrogen-bond acceptors (Lipinski definition) is 9. The van der Waals surface area contributed by atoms with Crippen molar-refractivity contribution in [3.8, 4) is 5.75 Å². The lowest BCUT2D eigenvalue weighted by Crippen LogP contribution is -2.42. The molecule has 12 nitrogen and oxygen atoms in total. The third kappa shape index (κ3) is 5.39.